The van der Waals surface area contributed by atoms with Gasteiger partial charge in [0.05, 0.1) is 18.2 Å². The number of rotatable bonds is 3. The maximum Gasteiger partial charge on any atom is 0.246 e. The highest BCUT2D eigenvalue weighted by molar-refractivity contribution is 6.02. The van der Waals surface area contributed by atoms with Crippen LogP contribution in [0.4, 0.5) is 5.69 Å². The van der Waals surface area contributed by atoms with E-state index in [0.29, 0.717) is 11.3 Å². The molecule has 4 N–H and O–H groups in total. The fourth-order valence-electron chi connectivity index (χ4n) is 2.16. The number of nitrogens with one attached hydrogen (secondary N) is 1. The fourth-order valence-corrected chi connectivity index (χ4v) is 2.16. The molecular weight excluding hydrogens is 258 g/mol. The molecule has 0 aromatic heterocycles. The summed E-state index contributed by atoms with van der Waals surface area (Å²) in [6.45, 7) is 3.75. The predicted molar refractivity (Wildman–Crippen MR) is 74.6 cm³/mol. The number of β-amino-alcohol motifs (C(OH)–C–C–N with tert-alkyl or cyclic N) is 1. The predicted octanol–water partition coefficient (Wildman–Crippen LogP) is 0.0392. The summed E-state index contributed by atoms with van der Waals surface area (Å²) in [7, 11) is 0. The van der Waals surface area contributed by atoms with Crippen LogP contribution >= 0.6 is 0 Å². The van der Waals surface area contributed by atoms with Crippen molar-refractivity contribution in [3.63, 3.8) is 0 Å². The van der Waals surface area contributed by atoms with Crippen LogP contribution in [0.3, 0.4) is 0 Å². The number of nitrogen functional groups attached to an aromatic ring is 1. The largest absolute Gasteiger partial charge is 0.399 e. The molecule has 20 heavy (non-hydrogen) atoms. The molecular formula is C14H19N3O3. The second kappa shape index (κ2) is 5.22. The lowest BCUT2D eigenvalue weighted by Crippen LogP contribution is -2.64. The van der Waals surface area contributed by atoms with Gasteiger partial charge in [-0.2, -0.15) is 0 Å². The fraction of sp³-hybridized carbons (Fsp3) is 0.429. The Morgan fingerprint density at radius 3 is 2.55 bits per heavy atom. The Kier molecular flexibility index (Phi) is 3.78. The number of aliphatic hydroxyl groups excluding tert-OH is 1. The maximum atomic E-state index is 11.8. The van der Waals surface area contributed by atoms with E-state index in [9.17, 15) is 14.7 Å². The first-order valence-corrected chi connectivity index (χ1v) is 6.43. The molecule has 1 heterocycles. The van der Waals surface area contributed by atoms with Gasteiger partial charge in [-0.25, -0.2) is 0 Å². The summed E-state index contributed by atoms with van der Waals surface area (Å²) in [5, 5.41) is 12.5. The average molecular weight is 277 g/mol. The van der Waals surface area contributed by atoms with Gasteiger partial charge in [0.15, 0.2) is 0 Å². The van der Waals surface area contributed by atoms with Crippen LogP contribution in [-0.4, -0.2) is 40.4 Å². The molecule has 0 spiro atoms. The third-order valence-corrected chi connectivity index (χ3v) is 3.65. The molecule has 108 valence electrons. The highest BCUT2D eigenvalue weighted by Crippen LogP contribution is 2.23. The Morgan fingerprint density at radius 2 is 1.95 bits per heavy atom. The van der Waals surface area contributed by atoms with Gasteiger partial charge < -0.3 is 10.8 Å². The molecule has 6 heteroatoms. The van der Waals surface area contributed by atoms with Crippen LogP contribution in [0.5, 0.6) is 0 Å². The van der Waals surface area contributed by atoms with Crippen molar-refractivity contribution < 1.29 is 14.7 Å². The van der Waals surface area contributed by atoms with E-state index in [0.717, 1.165) is 0 Å². The van der Waals surface area contributed by atoms with Gasteiger partial charge in [-0.15, -0.1) is 0 Å². The standard InChI is InChI=1S/C14H19N3O3/c1-14(2)13(20)16-12(19)8-17(14)7-11(18)9-3-5-10(15)6-4-9/h3-6,11,18H,7-8,15H2,1-2H3,(H,16,19,20). The lowest BCUT2D eigenvalue weighted by Gasteiger charge is -2.41. The van der Waals surface area contributed by atoms with Crippen LogP contribution in [0.2, 0.25) is 0 Å². The molecule has 1 fully saturated rings. The van der Waals surface area contributed by atoms with E-state index in [1.165, 1.54) is 0 Å². The van der Waals surface area contributed by atoms with E-state index < -0.39 is 11.6 Å². The number of hydrogen-bond donors (Lipinski definition) is 3. The Bertz CT molecular complexity index is 525. The molecule has 1 unspecified atom stereocenters. The number of imide groups is 1. The van der Waals surface area contributed by atoms with Crippen molar-refractivity contribution >= 4 is 17.5 Å². The minimum atomic E-state index is -0.831. The molecule has 6 nitrogen and oxygen atoms in total. The number of carbonyl (C=O) groups is 2. The number of piperazine rings is 1. The number of nitrogens with two attached hydrogens (primary N) is 1. The first-order valence-electron chi connectivity index (χ1n) is 6.43. The van der Waals surface area contributed by atoms with Gasteiger partial charge >= 0.3 is 0 Å². The molecule has 0 radical (unpaired) electrons. The molecule has 1 aromatic carbocycles. The number of carbonyl (C=O) groups excluding carboxylic acids is 2. The van der Waals surface area contributed by atoms with E-state index in [2.05, 4.69) is 5.32 Å². The van der Waals surface area contributed by atoms with Gasteiger partial charge in [0, 0.05) is 12.2 Å². The van der Waals surface area contributed by atoms with Gasteiger partial charge in [-0.3, -0.25) is 19.8 Å². The number of aliphatic hydroxyl groups is 1. The zero-order valence-corrected chi connectivity index (χ0v) is 11.6. The second-order valence-corrected chi connectivity index (χ2v) is 5.50. The minimum absolute atomic E-state index is 0.0881. The SMILES string of the molecule is CC1(C)C(=O)NC(=O)CN1CC(O)c1ccc(N)cc1. The van der Waals surface area contributed by atoms with E-state index in [-0.39, 0.29) is 24.9 Å². The van der Waals surface area contributed by atoms with E-state index in [1.54, 1.807) is 43.0 Å². The van der Waals surface area contributed by atoms with Gasteiger partial charge in [0.1, 0.15) is 0 Å². The molecule has 0 saturated carbocycles. The van der Waals surface area contributed by atoms with Crippen molar-refractivity contribution in [3.05, 3.63) is 29.8 Å². The Labute approximate surface area is 117 Å². The summed E-state index contributed by atoms with van der Waals surface area (Å²) >= 11 is 0. The lowest BCUT2D eigenvalue weighted by atomic mass is 9.97. The van der Waals surface area contributed by atoms with Crippen LogP contribution in [0.25, 0.3) is 0 Å². The lowest BCUT2D eigenvalue weighted by molar-refractivity contribution is -0.146. The van der Waals surface area contributed by atoms with Crippen molar-refractivity contribution in [2.24, 2.45) is 0 Å². The highest BCUT2D eigenvalue weighted by Gasteiger charge is 2.41. The summed E-state index contributed by atoms with van der Waals surface area (Å²) in [6, 6.07) is 6.88. The van der Waals surface area contributed by atoms with Crippen molar-refractivity contribution in [3.8, 4) is 0 Å². The quantitative estimate of drug-likeness (QED) is 0.535. The minimum Gasteiger partial charge on any atom is -0.399 e. The third kappa shape index (κ3) is 2.81. The van der Waals surface area contributed by atoms with Crippen LogP contribution in [0.15, 0.2) is 24.3 Å². The first-order chi connectivity index (χ1) is 9.30. The normalized spacial score (nSPS) is 20.6. The Morgan fingerprint density at radius 1 is 1.35 bits per heavy atom. The monoisotopic (exact) mass is 277 g/mol. The van der Waals surface area contributed by atoms with Crippen LogP contribution in [0.1, 0.15) is 25.5 Å². The topological polar surface area (TPSA) is 95.7 Å². The van der Waals surface area contributed by atoms with E-state index in [4.69, 9.17) is 5.73 Å². The van der Waals surface area contributed by atoms with Crippen molar-refractivity contribution in [1.29, 1.82) is 0 Å². The summed E-state index contributed by atoms with van der Waals surface area (Å²) in [6.07, 6.45) is -0.784. The van der Waals surface area contributed by atoms with Crippen LogP contribution in [-0.2, 0) is 9.59 Å². The zero-order chi connectivity index (χ0) is 14.9. The molecule has 1 aliphatic rings. The average Bonchev–Trinajstić information content (AvgIpc) is 2.36. The maximum absolute atomic E-state index is 11.8. The molecule has 1 atom stereocenters. The van der Waals surface area contributed by atoms with Gasteiger partial charge in [0.2, 0.25) is 11.8 Å². The Hall–Kier alpha value is -1.92. The summed E-state index contributed by atoms with van der Waals surface area (Å²) in [5.41, 5.74) is 6.09. The van der Waals surface area contributed by atoms with E-state index in [1.807, 2.05) is 0 Å². The zero-order valence-electron chi connectivity index (χ0n) is 11.6. The molecule has 2 rings (SSSR count). The van der Waals surface area contributed by atoms with Crippen molar-refractivity contribution in [2.45, 2.75) is 25.5 Å². The molecule has 1 aromatic rings. The summed E-state index contributed by atoms with van der Waals surface area (Å²) in [4.78, 5) is 25.0. The molecule has 1 aliphatic heterocycles. The summed E-state index contributed by atoms with van der Waals surface area (Å²) < 4.78 is 0. The van der Waals surface area contributed by atoms with Crippen molar-refractivity contribution in [2.75, 3.05) is 18.8 Å². The van der Waals surface area contributed by atoms with Crippen molar-refractivity contribution in [1.82, 2.24) is 10.2 Å². The number of anilines is 1. The van der Waals surface area contributed by atoms with Gasteiger partial charge in [-0.1, -0.05) is 12.1 Å². The number of benzene rings is 1. The molecule has 1 saturated heterocycles. The number of amides is 2. The number of nitrogens with zero attached hydrogens (tertiary/aromatic N) is 1. The van der Waals surface area contributed by atoms with Crippen LogP contribution in [0, 0.1) is 0 Å². The molecule has 0 bridgehead atoms. The summed E-state index contributed by atoms with van der Waals surface area (Å²) in [5.74, 6) is -0.697. The molecule has 0 aliphatic carbocycles. The smallest absolute Gasteiger partial charge is 0.246 e. The van der Waals surface area contributed by atoms with E-state index >= 15 is 0 Å². The first kappa shape index (κ1) is 14.5. The highest BCUT2D eigenvalue weighted by atomic mass is 16.3. The van der Waals surface area contributed by atoms with Crippen LogP contribution < -0.4 is 11.1 Å². The third-order valence-electron chi connectivity index (χ3n) is 3.65. The Balaban J connectivity index is 2.13. The van der Waals surface area contributed by atoms with Gasteiger partial charge in [-0.05, 0) is 31.5 Å². The molecule has 2 amide bonds. The van der Waals surface area contributed by atoms with Gasteiger partial charge in [0.25, 0.3) is 0 Å². The second-order valence-electron chi connectivity index (χ2n) is 5.50. The number of hydrogen-bond acceptors (Lipinski definition) is 5.